The molecule has 11 heavy (non-hydrogen) atoms. The average Bonchev–Trinajstić information content (AvgIpc) is 2.76. The van der Waals surface area contributed by atoms with Gasteiger partial charge in [0.15, 0.2) is 0 Å². The summed E-state index contributed by atoms with van der Waals surface area (Å²) in [7, 11) is 0. The van der Waals surface area contributed by atoms with Crippen LogP contribution in [0.2, 0.25) is 0 Å². The lowest BCUT2D eigenvalue weighted by Gasteiger charge is -1.99. The summed E-state index contributed by atoms with van der Waals surface area (Å²) in [5.74, 6) is 0. The zero-order valence-electron chi connectivity index (χ0n) is 7.09. The molecular formula is C9H13N2. The molecule has 0 spiro atoms. The minimum absolute atomic E-state index is 0.684. The molecule has 0 amide bonds. The van der Waals surface area contributed by atoms with Crippen molar-refractivity contribution >= 4 is 0 Å². The molecule has 2 heteroatoms. The lowest BCUT2D eigenvalue weighted by Crippen LogP contribution is -1.98. The van der Waals surface area contributed by atoms with E-state index in [4.69, 9.17) is 0 Å². The Bertz CT molecular complexity index is 282. The third kappa shape index (κ3) is 0.971. The fourth-order valence-electron chi connectivity index (χ4n) is 1.37. The first-order valence-corrected chi connectivity index (χ1v) is 4.08. The standard InChI is InChI=1S/C9H13N2/c1-6-7(2)10-11(8(6)3)9-4-5-9/h9H,1,4-5H2,2-3H3. The van der Waals surface area contributed by atoms with E-state index >= 15 is 0 Å². The van der Waals surface area contributed by atoms with Gasteiger partial charge < -0.3 is 0 Å². The third-order valence-corrected chi connectivity index (χ3v) is 2.37. The first kappa shape index (κ1) is 6.89. The van der Waals surface area contributed by atoms with Gasteiger partial charge in [0.2, 0.25) is 0 Å². The molecule has 0 aliphatic heterocycles. The van der Waals surface area contributed by atoms with Gasteiger partial charge in [-0.3, -0.25) is 4.68 Å². The SMILES string of the molecule is [CH2]c1c(C)nn(C2CC2)c1C. The van der Waals surface area contributed by atoms with Crippen LogP contribution in [0, 0.1) is 20.8 Å². The monoisotopic (exact) mass is 149 g/mol. The van der Waals surface area contributed by atoms with Gasteiger partial charge >= 0.3 is 0 Å². The van der Waals surface area contributed by atoms with Crippen molar-refractivity contribution in [2.45, 2.75) is 32.7 Å². The van der Waals surface area contributed by atoms with Crippen molar-refractivity contribution in [1.82, 2.24) is 9.78 Å². The Morgan fingerprint density at radius 3 is 2.45 bits per heavy atom. The van der Waals surface area contributed by atoms with Gasteiger partial charge in [-0.1, -0.05) is 0 Å². The molecule has 2 rings (SSSR count). The molecule has 1 heterocycles. The van der Waals surface area contributed by atoms with Crippen molar-refractivity contribution in [3.05, 3.63) is 23.9 Å². The van der Waals surface area contributed by atoms with Crippen LogP contribution < -0.4 is 0 Å². The quantitative estimate of drug-likeness (QED) is 0.597. The van der Waals surface area contributed by atoms with E-state index in [1.807, 2.05) is 6.92 Å². The molecule has 0 saturated heterocycles. The third-order valence-electron chi connectivity index (χ3n) is 2.37. The highest BCUT2D eigenvalue weighted by Crippen LogP contribution is 2.36. The second-order valence-corrected chi connectivity index (χ2v) is 3.33. The summed E-state index contributed by atoms with van der Waals surface area (Å²) in [5, 5.41) is 4.43. The zero-order chi connectivity index (χ0) is 8.01. The Morgan fingerprint density at radius 2 is 2.09 bits per heavy atom. The number of hydrogen-bond donors (Lipinski definition) is 0. The van der Waals surface area contributed by atoms with Gasteiger partial charge in [0.1, 0.15) is 0 Å². The van der Waals surface area contributed by atoms with Gasteiger partial charge in [0, 0.05) is 5.69 Å². The van der Waals surface area contributed by atoms with Crippen molar-refractivity contribution in [3.63, 3.8) is 0 Å². The van der Waals surface area contributed by atoms with E-state index in [9.17, 15) is 0 Å². The Balaban J connectivity index is 2.46. The Labute approximate surface area is 67.2 Å². The molecule has 0 atom stereocenters. The molecule has 1 fully saturated rings. The first-order chi connectivity index (χ1) is 5.20. The molecule has 0 bridgehead atoms. The zero-order valence-corrected chi connectivity index (χ0v) is 7.09. The van der Waals surface area contributed by atoms with Crippen LogP contribution >= 0.6 is 0 Å². The number of aryl methyl sites for hydroxylation is 1. The van der Waals surface area contributed by atoms with E-state index in [0.717, 1.165) is 11.3 Å². The summed E-state index contributed by atoms with van der Waals surface area (Å²) in [6, 6.07) is 0.684. The average molecular weight is 149 g/mol. The molecule has 1 saturated carbocycles. The summed E-state index contributed by atoms with van der Waals surface area (Å²) in [4.78, 5) is 0. The summed E-state index contributed by atoms with van der Waals surface area (Å²) in [6.07, 6.45) is 2.59. The van der Waals surface area contributed by atoms with E-state index < -0.39 is 0 Å². The highest BCUT2D eigenvalue weighted by Gasteiger charge is 2.26. The molecule has 1 aliphatic rings. The first-order valence-electron chi connectivity index (χ1n) is 4.08. The van der Waals surface area contributed by atoms with Crippen molar-refractivity contribution < 1.29 is 0 Å². The number of nitrogens with zero attached hydrogens (tertiary/aromatic N) is 2. The van der Waals surface area contributed by atoms with Crippen LogP contribution in [0.25, 0.3) is 0 Å². The van der Waals surface area contributed by atoms with E-state index in [0.29, 0.717) is 6.04 Å². The molecular weight excluding hydrogens is 136 g/mol. The highest BCUT2D eigenvalue weighted by molar-refractivity contribution is 5.27. The van der Waals surface area contributed by atoms with Gasteiger partial charge in [-0.25, -0.2) is 0 Å². The molecule has 1 aromatic heterocycles. The molecule has 2 nitrogen and oxygen atoms in total. The van der Waals surface area contributed by atoms with Crippen molar-refractivity contribution in [1.29, 1.82) is 0 Å². The van der Waals surface area contributed by atoms with E-state index in [2.05, 4.69) is 23.6 Å². The summed E-state index contributed by atoms with van der Waals surface area (Å²) in [5.41, 5.74) is 3.43. The highest BCUT2D eigenvalue weighted by atomic mass is 15.3. The Kier molecular flexibility index (Phi) is 1.31. The maximum absolute atomic E-state index is 4.43. The normalized spacial score (nSPS) is 17.4. The number of rotatable bonds is 1. The smallest absolute Gasteiger partial charge is 0.0628 e. The van der Waals surface area contributed by atoms with Crippen molar-refractivity contribution in [2.75, 3.05) is 0 Å². The predicted molar refractivity (Wildman–Crippen MR) is 44.4 cm³/mol. The maximum Gasteiger partial charge on any atom is 0.0628 e. The summed E-state index contributed by atoms with van der Waals surface area (Å²) >= 11 is 0. The van der Waals surface area contributed by atoms with Crippen LogP contribution in [0.4, 0.5) is 0 Å². The fourth-order valence-corrected chi connectivity index (χ4v) is 1.37. The second kappa shape index (κ2) is 2.10. The molecule has 1 aromatic rings. The molecule has 59 valence electrons. The van der Waals surface area contributed by atoms with Crippen LogP contribution in [0.1, 0.15) is 35.8 Å². The molecule has 0 N–H and O–H groups in total. The lowest BCUT2D eigenvalue weighted by molar-refractivity contribution is 0.617. The van der Waals surface area contributed by atoms with Crippen LogP contribution in [-0.2, 0) is 0 Å². The topological polar surface area (TPSA) is 17.8 Å². The lowest BCUT2D eigenvalue weighted by atomic mass is 10.2. The van der Waals surface area contributed by atoms with Gasteiger partial charge in [0.25, 0.3) is 0 Å². The summed E-state index contributed by atoms with van der Waals surface area (Å²) < 4.78 is 2.12. The number of hydrogen-bond acceptors (Lipinski definition) is 1. The van der Waals surface area contributed by atoms with E-state index in [1.165, 1.54) is 18.5 Å². The van der Waals surface area contributed by atoms with Crippen LogP contribution in [-0.4, -0.2) is 9.78 Å². The van der Waals surface area contributed by atoms with Crippen molar-refractivity contribution in [3.8, 4) is 0 Å². The molecule has 0 unspecified atom stereocenters. The maximum atomic E-state index is 4.43. The van der Waals surface area contributed by atoms with E-state index in [-0.39, 0.29) is 0 Å². The van der Waals surface area contributed by atoms with Gasteiger partial charge in [-0.05, 0) is 39.2 Å². The van der Waals surface area contributed by atoms with Crippen LogP contribution in [0.3, 0.4) is 0 Å². The molecule has 1 radical (unpaired) electrons. The fraction of sp³-hybridized carbons (Fsp3) is 0.556. The minimum atomic E-state index is 0.684. The summed E-state index contributed by atoms with van der Waals surface area (Å²) in [6.45, 7) is 8.09. The largest absolute Gasteiger partial charge is 0.266 e. The minimum Gasteiger partial charge on any atom is -0.266 e. The number of aromatic nitrogens is 2. The van der Waals surface area contributed by atoms with Crippen LogP contribution in [0.15, 0.2) is 0 Å². The Hall–Kier alpha value is -0.790. The van der Waals surface area contributed by atoms with Gasteiger partial charge in [-0.2, -0.15) is 5.10 Å². The van der Waals surface area contributed by atoms with Crippen LogP contribution in [0.5, 0.6) is 0 Å². The Morgan fingerprint density at radius 1 is 1.45 bits per heavy atom. The van der Waals surface area contributed by atoms with E-state index in [1.54, 1.807) is 0 Å². The van der Waals surface area contributed by atoms with Gasteiger partial charge in [-0.15, -0.1) is 0 Å². The molecule has 1 aliphatic carbocycles. The van der Waals surface area contributed by atoms with Crippen molar-refractivity contribution in [2.24, 2.45) is 0 Å². The molecule has 0 aromatic carbocycles. The second-order valence-electron chi connectivity index (χ2n) is 3.33. The predicted octanol–water partition coefficient (Wildman–Crippen LogP) is 2.02. The van der Waals surface area contributed by atoms with Gasteiger partial charge in [0.05, 0.1) is 11.7 Å².